The Labute approximate surface area is 125 Å². The Balaban J connectivity index is 0.000000636. The number of aromatic amines is 1. The van der Waals surface area contributed by atoms with Gasteiger partial charge in [-0.05, 0) is 32.4 Å². The monoisotopic (exact) mass is 289 g/mol. The minimum absolute atomic E-state index is 0.0421. The lowest BCUT2D eigenvalue weighted by Crippen LogP contribution is -2.54. The molecule has 2 aliphatic heterocycles. The van der Waals surface area contributed by atoms with Gasteiger partial charge in [-0.25, -0.2) is 0 Å². The van der Waals surface area contributed by atoms with Gasteiger partial charge in [-0.3, -0.25) is 0 Å². The van der Waals surface area contributed by atoms with Crippen LogP contribution in [0.1, 0.15) is 34.1 Å². The van der Waals surface area contributed by atoms with Crippen molar-refractivity contribution in [1.82, 2.24) is 9.97 Å². The predicted molar refractivity (Wildman–Crippen MR) is 83.9 cm³/mol. The van der Waals surface area contributed by atoms with Gasteiger partial charge in [0.15, 0.2) is 0 Å². The smallest absolute Gasteiger partial charge is 0.239 e. The van der Waals surface area contributed by atoms with Gasteiger partial charge in [-0.2, -0.15) is 4.98 Å². The molecule has 4 rings (SSSR count). The highest BCUT2D eigenvalue weighted by Crippen LogP contribution is 2.37. The Morgan fingerprint density at radius 1 is 1.33 bits per heavy atom. The SMILES string of the molecule is CC.CC1(C)CC2Nc3cc4cc[nH]c4nc3OC2CO1. The van der Waals surface area contributed by atoms with E-state index in [1.54, 1.807) is 0 Å². The molecule has 2 aliphatic rings. The van der Waals surface area contributed by atoms with Crippen molar-refractivity contribution in [2.75, 3.05) is 11.9 Å². The van der Waals surface area contributed by atoms with E-state index in [9.17, 15) is 0 Å². The molecular weight excluding hydrogens is 266 g/mol. The summed E-state index contributed by atoms with van der Waals surface area (Å²) in [5.74, 6) is 0.666. The number of ether oxygens (including phenoxy) is 2. The number of rotatable bonds is 0. The van der Waals surface area contributed by atoms with Gasteiger partial charge in [0.1, 0.15) is 11.8 Å². The van der Waals surface area contributed by atoms with Crippen molar-refractivity contribution in [2.45, 2.75) is 51.9 Å². The van der Waals surface area contributed by atoms with Gasteiger partial charge in [0, 0.05) is 11.6 Å². The first-order chi connectivity index (χ1) is 10.1. The van der Waals surface area contributed by atoms with E-state index in [0.717, 1.165) is 23.1 Å². The summed E-state index contributed by atoms with van der Waals surface area (Å²) >= 11 is 0. The third kappa shape index (κ3) is 2.58. The van der Waals surface area contributed by atoms with Crippen molar-refractivity contribution in [3.63, 3.8) is 0 Å². The van der Waals surface area contributed by atoms with Gasteiger partial charge in [0.2, 0.25) is 5.88 Å². The molecule has 1 saturated heterocycles. The Morgan fingerprint density at radius 2 is 2.14 bits per heavy atom. The summed E-state index contributed by atoms with van der Waals surface area (Å²) in [6.45, 7) is 8.84. The van der Waals surface area contributed by atoms with Crippen LogP contribution >= 0.6 is 0 Å². The average molecular weight is 289 g/mol. The van der Waals surface area contributed by atoms with Crippen LogP contribution in [0.5, 0.6) is 5.88 Å². The van der Waals surface area contributed by atoms with Gasteiger partial charge < -0.3 is 19.8 Å². The van der Waals surface area contributed by atoms with E-state index in [1.807, 2.05) is 26.1 Å². The fraction of sp³-hybridized carbons (Fsp3) is 0.562. The number of anilines is 1. The van der Waals surface area contributed by atoms with Gasteiger partial charge in [-0.1, -0.05) is 13.8 Å². The van der Waals surface area contributed by atoms with Crippen LogP contribution in [0.3, 0.4) is 0 Å². The minimum Gasteiger partial charge on any atom is -0.468 e. The van der Waals surface area contributed by atoms with Crippen LogP contribution in [0.15, 0.2) is 18.3 Å². The van der Waals surface area contributed by atoms with Crippen LogP contribution in [0.2, 0.25) is 0 Å². The molecule has 0 bridgehead atoms. The van der Waals surface area contributed by atoms with Gasteiger partial charge in [0.05, 0.1) is 23.9 Å². The maximum Gasteiger partial charge on any atom is 0.239 e. The van der Waals surface area contributed by atoms with E-state index >= 15 is 0 Å². The standard InChI is InChI=1S/C14H17N3O2.C2H6/c1-14(2)6-10-11(7-18-14)19-13-9(16-10)5-8-3-4-15-12(8)17-13;1-2/h3-5,10-11,16H,6-7H2,1-2H3,(H,15,17);1-2H3. The second kappa shape index (κ2) is 5.22. The largest absolute Gasteiger partial charge is 0.468 e. The predicted octanol–water partition coefficient (Wildman–Crippen LogP) is 3.33. The number of nitrogens with zero attached hydrogens (tertiary/aromatic N) is 1. The molecule has 1 fully saturated rings. The Bertz CT molecular complexity index is 635. The van der Waals surface area contributed by atoms with Crippen molar-refractivity contribution >= 4 is 16.7 Å². The lowest BCUT2D eigenvalue weighted by Gasteiger charge is -2.43. The maximum atomic E-state index is 5.99. The van der Waals surface area contributed by atoms with E-state index in [4.69, 9.17) is 9.47 Å². The lowest BCUT2D eigenvalue weighted by molar-refractivity contribution is -0.105. The molecule has 114 valence electrons. The molecule has 2 atom stereocenters. The maximum absolute atomic E-state index is 5.99. The molecule has 2 aromatic rings. The Kier molecular flexibility index (Phi) is 3.53. The van der Waals surface area contributed by atoms with E-state index in [2.05, 4.69) is 35.2 Å². The van der Waals surface area contributed by atoms with Gasteiger partial charge >= 0.3 is 0 Å². The van der Waals surface area contributed by atoms with E-state index in [1.165, 1.54) is 0 Å². The van der Waals surface area contributed by atoms with E-state index < -0.39 is 0 Å². The van der Waals surface area contributed by atoms with Crippen molar-refractivity contribution in [2.24, 2.45) is 0 Å². The molecule has 0 aromatic carbocycles. The quantitative estimate of drug-likeness (QED) is 0.781. The number of nitrogens with one attached hydrogen (secondary N) is 2. The number of pyridine rings is 1. The molecule has 5 heteroatoms. The number of hydrogen-bond donors (Lipinski definition) is 2. The topological polar surface area (TPSA) is 59.2 Å². The molecule has 21 heavy (non-hydrogen) atoms. The first-order valence-corrected chi connectivity index (χ1v) is 7.66. The fourth-order valence-corrected chi connectivity index (χ4v) is 2.91. The summed E-state index contributed by atoms with van der Waals surface area (Å²) in [5, 5.41) is 4.65. The molecular formula is C16H23N3O2. The average Bonchev–Trinajstić information content (AvgIpc) is 2.91. The number of hydrogen-bond acceptors (Lipinski definition) is 4. The van der Waals surface area contributed by atoms with Crippen LogP contribution in [0.25, 0.3) is 11.0 Å². The number of fused-ring (bicyclic) bond motifs is 3. The van der Waals surface area contributed by atoms with Gasteiger partial charge in [-0.15, -0.1) is 0 Å². The molecule has 0 spiro atoms. The lowest BCUT2D eigenvalue weighted by atomic mass is 9.91. The zero-order chi connectivity index (χ0) is 15.0. The minimum atomic E-state index is -0.0966. The Hall–Kier alpha value is -1.75. The molecule has 2 unspecified atom stereocenters. The highest BCUT2D eigenvalue weighted by molar-refractivity contribution is 5.81. The molecule has 0 saturated carbocycles. The summed E-state index contributed by atoms with van der Waals surface area (Å²) in [6.07, 6.45) is 2.87. The number of aromatic nitrogens is 2. The third-order valence-corrected chi connectivity index (χ3v) is 3.90. The van der Waals surface area contributed by atoms with Crippen molar-refractivity contribution < 1.29 is 9.47 Å². The second-order valence-corrected chi connectivity index (χ2v) is 5.94. The first-order valence-electron chi connectivity index (χ1n) is 7.66. The van der Waals surface area contributed by atoms with Gasteiger partial charge in [0.25, 0.3) is 0 Å². The Morgan fingerprint density at radius 3 is 2.95 bits per heavy atom. The zero-order valence-electron chi connectivity index (χ0n) is 13.1. The van der Waals surface area contributed by atoms with Crippen LogP contribution < -0.4 is 10.1 Å². The molecule has 2 N–H and O–H groups in total. The second-order valence-electron chi connectivity index (χ2n) is 5.94. The highest BCUT2D eigenvalue weighted by atomic mass is 16.6. The van der Waals surface area contributed by atoms with Crippen LogP contribution in [-0.4, -0.2) is 34.3 Å². The van der Waals surface area contributed by atoms with Crippen molar-refractivity contribution in [3.8, 4) is 5.88 Å². The van der Waals surface area contributed by atoms with E-state index in [-0.39, 0.29) is 17.7 Å². The van der Waals surface area contributed by atoms with Crippen LogP contribution in [-0.2, 0) is 4.74 Å². The number of H-pyrrole nitrogens is 1. The summed E-state index contributed by atoms with van der Waals surface area (Å²) in [6, 6.07) is 4.39. The molecule has 2 aromatic heterocycles. The molecule has 0 aliphatic carbocycles. The van der Waals surface area contributed by atoms with Crippen LogP contribution in [0.4, 0.5) is 5.69 Å². The molecule has 0 amide bonds. The third-order valence-electron chi connectivity index (χ3n) is 3.90. The molecule has 0 radical (unpaired) electrons. The molecule has 4 heterocycles. The zero-order valence-corrected chi connectivity index (χ0v) is 13.1. The van der Waals surface area contributed by atoms with Crippen LogP contribution in [0, 0.1) is 0 Å². The summed E-state index contributed by atoms with van der Waals surface area (Å²) < 4.78 is 11.8. The van der Waals surface area contributed by atoms with Crippen molar-refractivity contribution in [1.29, 1.82) is 0 Å². The van der Waals surface area contributed by atoms with E-state index in [0.29, 0.717) is 12.5 Å². The fourth-order valence-electron chi connectivity index (χ4n) is 2.91. The summed E-state index contributed by atoms with van der Waals surface area (Å²) in [7, 11) is 0. The molecule has 5 nitrogen and oxygen atoms in total. The first kappa shape index (κ1) is 14.2. The summed E-state index contributed by atoms with van der Waals surface area (Å²) in [4.78, 5) is 7.61. The highest BCUT2D eigenvalue weighted by Gasteiger charge is 2.40. The van der Waals surface area contributed by atoms with Crippen molar-refractivity contribution in [3.05, 3.63) is 18.3 Å². The normalized spacial score (nSPS) is 25.7. The summed E-state index contributed by atoms with van der Waals surface area (Å²) in [5.41, 5.74) is 1.74.